The van der Waals surface area contributed by atoms with Crippen LogP contribution in [0, 0.1) is 0 Å². The second kappa shape index (κ2) is 4.62. The highest BCUT2D eigenvalue weighted by Gasteiger charge is 2.15. The fourth-order valence-electron chi connectivity index (χ4n) is 1.37. The predicted octanol–water partition coefficient (Wildman–Crippen LogP) is 0.319. The Morgan fingerprint density at radius 1 is 1.33 bits per heavy atom. The molecule has 2 aromatic heterocycles. The zero-order chi connectivity index (χ0) is 13.1. The van der Waals surface area contributed by atoms with Crippen LogP contribution in [0.25, 0.3) is 5.82 Å². The summed E-state index contributed by atoms with van der Waals surface area (Å²) in [5, 5.41) is 19.2. The molecule has 0 spiro atoms. The van der Waals surface area contributed by atoms with Gasteiger partial charge in [-0.1, -0.05) is 0 Å². The van der Waals surface area contributed by atoms with E-state index in [2.05, 4.69) is 20.5 Å². The van der Waals surface area contributed by atoms with Crippen LogP contribution in [0.2, 0.25) is 0 Å². The highest BCUT2D eigenvalue weighted by molar-refractivity contribution is 5.94. The molecule has 18 heavy (non-hydrogen) atoms. The Bertz CT molecular complexity index is 594. The maximum atomic E-state index is 11.1. The minimum Gasteiger partial charge on any atom is -0.478 e. The lowest BCUT2D eigenvalue weighted by Crippen LogP contribution is -2.13. The summed E-state index contributed by atoms with van der Waals surface area (Å²) in [5.74, 6) is -1.40. The summed E-state index contributed by atoms with van der Waals surface area (Å²) < 4.78 is 0. The van der Waals surface area contributed by atoms with E-state index in [4.69, 9.17) is 5.11 Å². The number of rotatable bonds is 3. The number of hydrogen-bond acceptors (Lipinski definition) is 5. The molecule has 0 aromatic carbocycles. The monoisotopic (exact) mass is 247 g/mol. The number of amides is 1. The van der Waals surface area contributed by atoms with Gasteiger partial charge in [0.05, 0.1) is 24.3 Å². The molecule has 2 N–H and O–H groups in total. The van der Waals surface area contributed by atoms with E-state index in [1.165, 1.54) is 31.6 Å². The number of hydrogen-bond donors (Lipinski definition) is 2. The molecular weight excluding hydrogens is 238 g/mol. The van der Waals surface area contributed by atoms with Crippen LogP contribution in [-0.2, 0) is 4.79 Å². The summed E-state index contributed by atoms with van der Waals surface area (Å²) in [6, 6.07) is 1.30. The molecule has 0 unspecified atom stereocenters. The third kappa shape index (κ3) is 2.32. The molecule has 0 atom stereocenters. The molecule has 0 aliphatic carbocycles. The maximum absolute atomic E-state index is 11.1. The Hall–Kier alpha value is -2.77. The van der Waals surface area contributed by atoms with Crippen LogP contribution >= 0.6 is 0 Å². The van der Waals surface area contributed by atoms with Crippen LogP contribution in [0.3, 0.4) is 0 Å². The van der Waals surface area contributed by atoms with Crippen molar-refractivity contribution in [3.05, 3.63) is 30.2 Å². The van der Waals surface area contributed by atoms with Crippen LogP contribution in [0.1, 0.15) is 17.3 Å². The number of aromatic nitrogens is 4. The van der Waals surface area contributed by atoms with Crippen molar-refractivity contribution < 1.29 is 14.7 Å². The first kappa shape index (κ1) is 11.7. The number of anilines is 1. The van der Waals surface area contributed by atoms with Gasteiger partial charge in [0.15, 0.2) is 5.82 Å². The summed E-state index contributed by atoms with van der Waals surface area (Å²) in [6.45, 7) is 1.32. The standard InChI is InChI=1S/C10H9N5O3/c1-6(16)14-7-4-8(10(17)18)9(11-5-7)15-12-2-3-13-15/h2-5H,1H3,(H,14,16)(H,17,18). The fourth-order valence-corrected chi connectivity index (χ4v) is 1.37. The summed E-state index contributed by atoms with van der Waals surface area (Å²) in [6.07, 6.45) is 4.16. The van der Waals surface area contributed by atoms with Gasteiger partial charge < -0.3 is 10.4 Å². The first-order chi connectivity index (χ1) is 8.58. The van der Waals surface area contributed by atoms with E-state index < -0.39 is 5.97 Å². The van der Waals surface area contributed by atoms with Crippen molar-refractivity contribution in [3.63, 3.8) is 0 Å². The molecule has 0 fully saturated rings. The van der Waals surface area contributed by atoms with Crippen LogP contribution in [-0.4, -0.2) is 37.0 Å². The molecule has 0 radical (unpaired) electrons. The second-order valence-corrected chi connectivity index (χ2v) is 3.40. The van der Waals surface area contributed by atoms with Gasteiger partial charge in [0.25, 0.3) is 0 Å². The number of pyridine rings is 1. The summed E-state index contributed by atoms with van der Waals surface area (Å²) >= 11 is 0. The molecule has 0 aliphatic heterocycles. The molecule has 92 valence electrons. The van der Waals surface area contributed by atoms with Crippen molar-refractivity contribution >= 4 is 17.6 Å². The van der Waals surface area contributed by atoms with E-state index in [9.17, 15) is 9.59 Å². The average molecular weight is 247 g/mol. The van der Waals surface area contributed by atoms with Crippen molar-refractivity contribution in [1.29, 1.82) is 0 Å². The summed E-state index contributed by atoms with van der Waals surface area (Å²) in [4.78, 5) is 27.1. The van der Waals surface area contributed by atoms with Gasteiger partial charge in [-0.3, -0.25) is 4.79 Å². The number of nitrogens with zero attached hydrogens (tertiary/aromatic N) is 4. The molecule has 8 nitrogen and oxygen atoms in total. The quantitative estimate of drug-likeness (QED) is 0.808. The van der Waals surface area contributed by atoms with Crippen LogP contribution in [0.5, 0.6) is 0 Å². The van der Waals surface area contributed by atoms with E-state index in [-0.39, 0.29) is 17.3 Å². The number of carboxylic acids is 1. The Labute approximate surface area is 101 Å². The van der Waals surface area contributed by atoms with E-state index in [1.807, 2.05) is 0 Å². The summed E-state index contributed by atoms with van der Waals surface area (Å²) in [5.41, 5.74) is 0.202. The molecule has 2 heterocycles. The predicted molar refractivity (Wildman–Crippen MR) is 60.4 cm³/mol. The van der Waals surface area contributed by atoms with E-state index in [1.54, 1.807) is 0 Å². The third-order valence-corrected chi connectivity index (χ3v) is 2.03. The average Bonchev–Trinajstić information content (AvgIpc) is 2.81. The highest BCUT2D eigenvalue weighted by Crippen LogP contribution is 2.15. The lowest BCUT2D eigenvalue weighted by Gasteiger charge is -2.06. The highest BCUT2D eigenvalue weighted by atomic mass is 16.4. The molecule has 8 heteroatoms. The Morgan fingerprint density at radius 2 is 2.00 bits per heavy atom. The van der Waals surface area contributed by atoms with Gasteiger partial charge >= 0.3 is 5.97 Å². The van der Waals surface area contributed by atoms with Gasteiger partial charge in [-0.05, 0) is 6.07 Å². The van der Waals surface area contributed by atoms with Crippen molar-refractivity contribution in [2.45, 2.75) is 6.92 Å². The smallest absolute Gasteiger partial charge is 0.339 e. The molecule has 2 rings (SSSR count). The molecule has 0 saturated heterocycles. The zero-order valence-corrected chi connectivity index (χ0v) is 9.36. The minimum atomic E-state index is -1.18. The fraction of sp³-hybridized carbons (Fsp3) is 0.100. The number of aromatic carboxylic acids is 1. The minimum absolute atomic E-state index is 0.0848. The first-order valence-electron chi connectivity index (χ1n) is 4.95. The molecule has 0 aliphatic rings. The van der Waals surface area contributed by atoms with Crippen LogP contribution in [0.4, 0.5) is 5.69 Å². The van der Waals surface area contributed by atoms with Crippen LogP contribution in [0.15, 0.2) is 24.7 Å². The van der Waals surface area contributed by atoms with Gasteiger partial charge in [0.2, 0.25) is 5.91 Å². The van der Waals surface area contributed by atoms with Crippen LogP contribution < -0.4 is 5.32 Å². The van der Waals surface area contributed by atoms with E-state index >= 15 is 0 Å². The van der Waals surface area contributed by atoms with Gasteiger partial charge in [0, 0.05) is 6.92 Å². The van der Waals surface area contributed by atoms with Crippen molar-refractivity contribution in [2.75, 3.05) is 5.32 Å². The lowest BCUT2D eigenvalue weighted by atomic mass is 10.2. The third-order valence-electron chi connectivity index (χ3n) is 2.03. The second-order valence-electron chi connectivity index (χ2n) is 3.40. The Kier molecular flexibility index (Phi) is 3.00. The first-order valence-corrected chi connectivity index (χ1v) is 4.95. The maximum Gasteiger partial charge on any atom is 0.339 e. The van der Waals surface area contributed by atoms with Gasteiger partial charge in [-0.25, -0.2) is 9.78 Å². The number of carbonyl (C=O) groups is 2. The van der Waals surface area contributed by atoms with E-state index in [0.29, 0.717) is 5.69 Å². The topological polar surface area (TPSA) is 110 Å². The number of carboxylic acid groups (broad SMARTS) is 1. The Morgan fingerprint density at radius 3 is 2.56 bits per heavy atom. The van der Waals surface area contributed by atoms with Crippen molar-refractivity contribution in [3.8, 4) is 5.82 Å². The number of nitrogens with one attached hydrogen (secondary N) is 1. The zero-order valence-electron chi connectivity index (χ0n) is 9.36. The molecule has 0 saturated carbocycles. The normalized spacial score (nSPS) is 10.1. The van der Waals surface area contributed by atoms with Crippen molar-refractivity contribution in [2.24, 2.45) is 0 Å². The van der Waals surface area contributed by atoms with E-state index in [0.717, 1.165) is 4.80 Å². The van der Waals surface area contributed by atoms with Gasteiger partial charge in [-0.2, -0.15) is 10.2 Å². The SMILES string of the molecule is CC(=O)Nc1cnc(-n2nccn2)c(C(=O)O)c1. The summed E-state index contributed by atoms with van der Waals surface area (Å²) in [7, 11) is 0. The molecule has 0 bridgehead atoms. The largest absolute Gasteiger partial charge is 0.478 e. The van der Waals surface area contributed by atoms with Crippen molar-refractivity contribution in [1.82, 2.24) is 20.0 Å². The number of carbonyl (C=O) groups excluding carboxylic acids is 1. The molecule has 2 aromatic rings. The van der Waals surface area contributed by atoms with Gasteiger partial charge in [0.1, 0.15) is 5.56 Å². The van der Waals surface area contributed by atoms with Gasteiger partial charge in [-0.15, -0.1) is 4.80 Å². The molecule has 1 amide bonds. The molecular formula is C10H9N5O3. The Balaban J connectivity index is 2.48. The lowest BCUT2D eigenvalue weighted by molar-refractivity contribution is -0.114.